The zero-order valence-electron chi connectivity index (χ0n) is 13.1. The summed E-state index contributed by atoms with van der Waals surface area (Å²) < 4.78 is 7.95. The molecular formula is C15H18N6OS. The number of thiophene rings is 1. The molecule has 0 aromatic carbocycles. The molecule has 3 aromatic rings. The van der Waals surface area contributed by atoms with Gasteiger partial charge in [-0.2, -0.15) is 0 Å². The maximum Gasteiger partial charge on any atom is 0.163 e. The highest BCUT2D eigenvalue weighted by molar-refractivity contribution is 7.18. The molecule has 1 unspecified atom stereocenters. The molecule has 0 saturated carbocycles. The first-order valence-electron chi connectivity index (χ1n) is 7.71. The number of fused-ring (bicyclic) bond motifs is 1. The summed E-state index contributed by atoms with van der Waals surface area (Å²) >= 11 is 1.70. The van der Waals surface area contributed by atoms with E-state index in [1.807, 2.05) is 4.57 Å². The van der Waals surface area contributed by atoms with Gasteiger partial charge in [-0.25, -0.2) is 9.97 Å². The maximum absolute atomic E-state index is 5.93. The molecule has 1 fully saturated rings. The van der Waals surface area contributed by atoms with Crippen molar-refractivity contribution in [3.63, 3.8) is 0 Å². The summed E-state index contributed by atoms with van der Waals surface area (Å²) in [6, 6.07) is 2.16. The Morgan fingerprint density at radius 2 is 2.30 bits per heavy atom. The molecule has 4 rings (SSSR count). The number of nitrogens with zero attached hydrogens (tertiary/aromatic N) is 6. The monoisotopic (exact) mass is 330 g/mol. The number of hydrogen-bond acceptors (Lipinski definition) is 7. The number of rotatable bonds is 3. The summed E-state index contributed by atoms with van der Waals surface area (Å²) in [7, 11) is 0. The third-order valence-electron chi connectivity index (χ3n) is 4.07. The van der Waals surface area contributed by atoms with Gasteiger partial charge in [0.05, 0.1) is 18.5 Å². The summed E-state index contributed by atoms with van der Waals surface area (Å²) in [5.74, 6) is 1.86. The van der Waals surface area contributed by atoms with E-state index in [9.17, 15) is 0 Å². The first-order valence-corrected chi connectivity index (χ1v) is 8.53. The predicted molar refractivity (Wildman–Crippen MR) is 88.8 cm³/mol. The van der Waals surface area contributed by atoms with Crippen LogP contribution in [0.3, 0.4) is 0 Å². The van der Waals surface area contributed by atoms with E-state index in [4.69, 9.17) is 4.74 Å². The highest BCUT2D eigenvalue weighted by atomic mass is 32.1. The van der Waals surface area contributed by atoms with Gasteiger partial charge in [-0.1, -0.05) is 0 Å². The lowest BCUT2D eigenvalue weighted by Gasteiger charge is -2.33. The molecule has 1 aliphatic heterocycles. The standard InChI is InChI=1S/C15H18N6OS/c1-3-20-9-18-19-14(20)12-7-21(4-5-22-12)13-11-6-10(2)23-15(11)17-8-16-13/h6,8-9,12H,3-5,7H2,1-2H3. The number of morpholine rings is 1. The minimum Gasteiger partial charge on any atom is -0.366 e. The van der Waals surface area contributed by atoms with Crippen LogP contribution in [0.2, 0.25) is 0 Å². The van der Waals surface area contributed by atoms with Crippen LogP contribution in [0.5, 0.6) is 0 Å². The molecule has 0 N–H and O–H groups in total. The van der Waals surface area contributed by atoms with Crippen LogP contribution in [0.25, 0.3) is 10.2 Å². The summed E-state index contributed by atoms with van der Waals surface area (Å²) in [6.45, 7) is 7.20. The molecule has 1 atom stereocenters. The van der Waals surface area contributed by atoms with Crippen LogP contribution in [0.1, 0.15) is 23.7 Å². The molecule has 23 heavy (non-hydrogen) atoms. The minimum atomic E-state index is -0.0871. The SMILES string of the molecule is CCn1cnnc1C1CN(c2ncnc3sc(C)cc23)CCO1. The minimum absolute atomic E-state index is 0.0871. The van der Waals surface area contributed by atoms with Crippen LogP contribution in [0, 0.1) is 6.92 Å². The van der Waals surface area contributed by atoms with Gasteiger partial charge in [-0.05, 0) is 19.9 Å². The third kappa shape index (κ3) is 2.57. The smallest absolute Gasteiger partial charge is 0.163 e. The number of anilines is 1. The molecule has 0 spiro atoms. The topological polar surface area (TPSA) is 69.0 Å². The van der Waals surface area contributed by atoms with Crippen molar-refractivity contribution in [2.24, 2.45) is 0 Å². The maximum atomic E-state index is 5.93. The molecule has 0 radical (unpaired) electrons. The lowest BCUT2D eigenvalue weighted by atomic mass is 10.2. The average Bonchev–Trinajstić information content (AvgIpc) is 3.19. The largest absolute Gasteiger partial charge is 0.366 e. The van der Waals surface area contributed by atoms with Crippen LogP contribution >= 0.6 is 11.3 Å². The van der Waals surface area contributed by atoms with E-state index >= 15 is 0 Å². The lowest BCUT2D eigenvalue weighted by Crippen LogP contribution is -2.39. The van der Waals surface area contributed by atoms with Crippen LogP contribution in [0.4, 0.5) is 5.82 Å². The van der Waals surface area contributed by atoms with E-state index in [-0.39, 0.29) is 6.10 Å². The molecule has 0 aliphatic carbocycles. The zero-order chi connectivity index (χ0) is 15.8. The zero-order valence-corrected chi connectivity index (χ0v) is 14.0. The van der Waals surface area contributed by atoms with Gasteiger partial charge in [0.25, 0.3) is 0 Å². The summed E-state index contributed by atoms with van der Waals surface area (Å²) in [5.41, 5.74) is 0. The molecule has 120 valence electrons. The van der Waals surface area contributed by atoms with E-state index in [0.29, 0.717) is 6.61 Å². The van der Waals surface area contributed by atoms with Crippen molar-refractivity contribution >= 4 is 27.4 Å². The van der Waals surface area contributed by atoms with Crippen LogP contribution < -0.4 is 4.90 Å². The van der Waals surface area contributed by atoms with E-state index in [1.165, 1.54) is 4.88 Å². The Morgan fingerprint density at radius 3 is 3.17 bits per heavy atom. The van der Waals surface area contributed by atoms with Crippen molar-refractivity contribution in [1.29, 1.82) is 0 Å². The first-order chi connectivity index (χ1) is 11.3. The quantitative estimate of drug-likeness (QED) is 0.733. The second kappa shape index (κ2) is 5.86. The Bertz CT molecular complexity index is 828. The Balaban J connectivity index is 1.66. The van der Waals surface area contributed by atoms with Crippen LogP contribution in [-0.2, 0) is 11.3 Å². The molecule has 1 aliphatic rings. The van der Waals surface area contributed by atoms with Gasteiger partial charge in [0.1, 0.15) is 29.4 Å². The van der Waals surface area contributed by atoms with Crippen molar-refractivity contribution in [2.45, 2.75) is 26.5 Å². The average molecular weight is 330 g/mol. The van der Waals surface area contributed by atoms with Crippen molar-refractivity contribution < 1.29 is 4.74 Å². The highest BCUT2D eigenvalue weighted by Gasteiger charge is 2.27. The van der Waals surface area contributed by atoms with Crippen molar-refractivity contribution in [3.05, 3.63) is 29.4 Å². The second-order valence-electron chi connectivity index (χ2n) is 5.55. The van der Waals surface area contributed by atoms with Gasteiger partial charge in [0.15, 0.2) is 5.82 Å². The van der Waals surface area contributed by atoms with Gasteiger partial charge in [0, 0.05) is 18.0 Å². The summed E-state index contributed by atoms with van der Waals surface area (Å²) in [5, 5.41) is 9.36. The van der Waals surface area contributed by atoms with E-state index in [1.54, 1.807) is 24.0 Å². The molecule has 0 amide bonds. The fraction of sp³-hybridized carbons (Fsp3) is 0.467. The van der Waals surface area contributed by atoms with E-state index in [0.717, 1.165) is 41.5 Å². The molecule has 3 aromatic heterocycles. The first kappa shape index (κ1) is 14.5. The molecular weight excluding hydrogens is 312 g/mol. The van der Waals surface area contributed by atoms with Gasteiger partial charge in [-0.3, -0.25) is 0 Å². The van der Waals surface area contributed by atoms with Crippen molar-refractivity contribution in [3.8, 4) is 0 Å². The Labute approximate surface area is 137 Å². The molecule has 8 heteroatoms. The van der Waals surface area contributed by atoms with Crippen molar-refractivity contribution in [1.82, 2.24) is 24.7 Å². The molecule has 7 nitrogen and oxygen atoms in total. The predicted octanol–water partition coefficient (Wildman–Crippen LogP) is 2.19. The number of aryl methyl sites for hydroxylation is 2. The van der Waals surface area contributed by atoms with Crippen molar-refractivity contribution in [2.75, 3.05) is 24.6 Å². The van der Waals surface area contributed by atoms with E-state index in [2.05, 4.69) is 45.0 Å². The summed E-state index contributed by atoms with van der Waals surface area (Å²) in [6.07, 6.45) is 3.31. The second-order valence-corrected chi connectivity index (χ2v) is 6.79. The third-order valence-corrected chi connectivity index (χ3v) is 5.03. The van der Waals surface area contributed by atoms with Gasteiger partial charge in [-0.15, -0.1) is 21.5 Å². The molecule has 0 bridgehead atoms. The number of aromatic nitrogens is 5. The Morgan fingerprint density at radius 1 is 1.39 bits per heavy atom. The summed E-state index contributed by atoms with van der Waals surface area (Å²) in [4.78, 5) is 13.4. The Kier molecular flexibility index (Phi) is 3.70. The van der Waals surface area contributed by atoms with Gasteiger partial charge < -0.3 is 14.2 Å². The number of ether oxygens (including phenoxy) is 1. The molecule has 1 saturated heterocycles. The highest BCUT2D eigenvalue weighted by Crippen LogP contribution is 2.32. The van der Waals surface area contributed by atoms with Gasteiger partial charge in [0.2, 0.25) is 0 Å². The lowest BCUT2D eigenvalue weighted by molar-refractivity contribution is 0.0314. The van der Waals surface area contributed by atoms with Crippen LogP contribution in [0.15, 0.2) is 18.7 Å². The number of hydrogen-bond donors (Lipinski definition) is 0. The fourth-order valence-corrected chi connectivity index (χ4v) is 3.81. The normalized spacial score (nSPS) is 18.7. The fourth-order valence-electron chi connectivity index (χ4n) is 2.97. The molecule has 4 heterocycles. The van der Waals surface area contributed by atoms with E-state index < -0.39 is 0 Å². The Hall–Kier alpha value is -2.06. The van der Waals surface area contributed by atoms with Crippen LogP contribution in [-0.4, -0.2) is 44.4 Å². The van der Waals surface area contributed by atoms with Gasteiger partial charge >= 0.3 is 0 Å².